The number of nitriles is 1. The minimum Gasteiger partial charge on any atom is -0.380 e. The number of carbonyl (C=O) groups is 1. The highest BCUT2D eigenvalue weighted by atomic mass is 32.2. The van der Waals surface area contributed by atoms with Gasteiger partial charge in [-0.25, -0.2) is 17.5 Å². The molecule has 0 bridgehead atoms. The predicted octanol–water partition coefficient (Wildman–Crippen LogP) is 3.50. The molecule has 2 atom stereocenters. The van der Waals surface area contributed by atoms with E-state index >= 15 is 4.39 Å². The van der Waals surface area contributed by atoms with Crippen molar-refractivity contribution in [2.75, 3.05) is 52.0 Å². The molecule has 212 valence electrons. The Balaban J connectivity index is 1.79. The Morgan fingerprint density at radius 2 is 2.05 bits per heavy atom. The number of thioether (sulfide) groups is 1. The molecule has 12 heteroatoms. The molecule has 0 aromatic heterocycles. The summed E-state index contributed by atoms with van der Waals surface area (Å²) in [7, 11) is 0.868. The molecular weight excluding hydrogens is 531 g/mol. The molecule has 1 saturated carbocycles. The molecule has 38 heavy (non-hydrogen) atoms. The van der Waals surface area contributed by atoms with Gasteiger partial charge in [0.15, 0.2) is 0 Å². The van der Waals surface area contributed by atoms with Crippen molar-refractivity contribution in [2.24, 2.45) is 0 Å². The summed E-state index contributed by atoms with van der Waals surface area (Å²) >= 11 is 1.76. The summed E-state index contributed by atoms with van der Waals surface area (Å²) in [5.41, 5.74) is -1.41. The Morgan fingerprint density at radius 3 is 2.66 bits per heavy atom. The Bertz CT molecular complexity index is 1100. The van der Waals surface area contributed by atoms with Gasteiger partial charge in [0.2, 0.25) is 0 Å². The number of hydrogen-bond donors (Lipinski definition) is 2. The van der Waals surface area contributed by atoms with Gasteiger partial charge in [0, 0.05) is 30.8 Å². The second-order valence-electron chi connectivity index (χ2n) is 10.2. The fraction of sp³-hybridized carbons (Fsp3) is 0.692. The largest absolute Gasteiger partial charge is 0.380 e. The van der Waals surface area contributed by atoms with Gasteiger partial charge in [-0.3, -0.25) is 4.79 Å². The van der Waals surface area contributed by atoms with E-state index in [9.17, 15) is 18.5 Å². The smallest absolute Gasteiger partial charge is 0.265 e. The van der Waals surface area contributed by atoms with Gasteiger partial charge in [-0.2, -0.15) is 17.0 Å². The van der Waals surface area contributed by atoms with Gasteiger partial charge in [-0.1, -0.05) is 19.3 Å². The Hall–Kier alpha value is -1.91. The van der Waals surface area contributed by atoms with E-state index in [0.717, 1.165) is 57.4 Å². The van der Waals surface area contributed by atoms with Crippen molar-refractivity contribution in [2.45, 2.75) is 73.2 Å². The third-order valence-electron chi connectivity index (χ3n) is 7.11. The van der Waals surface area contributed by atoms with Crippen LogP contribution in [0.4, 0.5) is 10.1 Å². The van der Waals surface area contributed by atoms with Crippen LogP contribution in [0.1, 0.15) is 56.9 Å². The SMILES string of the molecule is COC1(C(=O)NS(=O)(=O)c2cc(F)c(N[C@H](CCN(C)C)CSC3CCCOC3)c(C#N)c2)CCCCC1. The Labute approximate surface area is 229 Å². The summed E-state index contributed by atoms with van der Waals surface area (Å²) in [6, 6.07) is 3.72. The molecule has 1 aromatic rings. The Morgan fingerprint density at radius 1 is 1.32 bits per heavy atom. The van der Waals surface area contributed by atoms with Crippen molar-refractivity contribution in [1.29, 1.82) is 5.26 Å². The normalized spacial score (nSPS) is 20.5. The van der Waals surface area contributed by atoms with Crippen molar-refractivity contribution in [3.63, 3.8) is 0 Å². The van der Waals surface area contributed by atoms with E-state index in [-0.39, 0.29) is 17.3 Å². The van der Waals surface area contributed by atoms with Crippen LogP contribution in [0, 0.1) is 17.1 Å². The first-order chi connectivity index (χ1) is 18.1. The van der Waals surface area contributed by atoms with Gasteiger partial charge in [0.25, 0.3) is 15.9 Å². The van der Waals surface area contributed by atoms with E-state index in [2.05, 4.69) is 10.0 Å². The minimum absolute atomic E-state index is 0.0392. The zero-order valence-electron chi connectivity index (χ0n) is 22.4. The number of amides is 1. The van der Waals surface area contributed by atoms with E-state index in [1.54, 1.807) is 11.8 Å². The van der Waals surface area contributed by atoms with Gasteiger partial charge in [0.05, 0.1) is 22.8 Å². The van der Waals surface area contributed by atoms with Gasteiger partial charge < -0.3 is 19.7 Å². The van der Waals surface area contributed by atoms with Crippen LogP contribution < -0.4 is 10.0 Å². The lowest BCUT2D eigenvalue weighted by atomic mass is 9.84. The molecule has 1 heterocycles. The summed E-state index contributed by atoms with van der Waals surface area (Å²) in [6.45, 7) is 2.21. The van der Waals surface area contributed by atoms with Gasteiger partial charge >= 0.3 is 0 Å². The van der Waals surface area contributed by atoms with Crippen LogP contribution in [0.25, 0.3) is 0 Å². The minimum atomic E-state index is -4.43. The highest BCUT2D eigenvalue weighted by molar-refractivity contribution is 8.00. The van der Waals surface area contributed by atoms with Crippen LogP contribution in [-0.2, 0) is 24.3 Å². The van der Waals surface area contributed by atoms with E-state index in [1.807, 2.05) is 25.1 Å². The van der Waals surface area contributed by atoms with Crippen LogP contribution >= 0.6 is 11.8 Å². The Kier molecular flexibility index (Phi) is 11.2. The lowest BCUT2D eigenvalue weighted by Crippen LogP contribution is -2.51. The molecule has 2 aliphatic rings. The number of methoxy groups -OCH3 is 1. The molecule has 1 unspecified atom stereocenters. The number of halogens is 1. The van der Waals surface area contributed by atoms with Crippen LogP contribution in [-0.4, -0.2) is 82.8 Å². The summed E-state index contributed by atoms with van der Waals surface area (Å²) in [5, 5.41) is 13.3. The highest BCUT2D eigenvalue weighted by Crippen LogP contribution is 2.32. The van der Waals surface area contributed by atoms with E-state index in [1.165, 1.54) is 7.11 Å². The van der Waals surface area contributed by atoms with Crippen LogP contribution in [0.15, 0.2) is 17.0 Å². The average Bonchev–Trinajstić information content (AvgIpc) is 2.91. The van der Waals surface area contributed by atoms with Crippen molar-refractivity contribution in [3.8, 4) is 6.07 Å². The molecule has 2 N–H and O–H groups in total. The number of carbonyl (C=O) groups excluding carboxylic acids is 1. The summed E-state index contributed by atoms with van der Waals surface area (Å²) < 4.78 is 54.5. The number of sulfonamides is 1. The van der Waals surface area contributed by atoms with Gasteiger partial charge in [0.1, 0.15) is 17.5 Å². The van der Waals surface area contributed by atoms with Crippen LogP contribution in [0.5, 0.6) is 0 Å². The zero-order chi connectivity index (χ0) is 27.8. The first-order valence-electron chi connectivity index (χ1n) is 13.1. The summed E-state index contributed by atoms with van der Waals surface area (Å²) in [4.78, 5) is 14.5. The predicted molar refractivity (Wildman–Crippen MR) is 146 cm³/mol. The second-order valence-corrected chi connectivity index (χ2v) is 13.3. The first kappa shape index (κ1) is 30.6. The number of benzene rings is 1. The van der Waals surface area contributed by atoms with Crippen molar-refractivity contribution < 1.29 is 27.1 Å². The molecular formula is C26H39FN4O5S2. The van der Waals surface area contributed by atoms with E-state index in [4.69, 9.17) is 9.47 Å². The third kappa shape index (κ3) is 8.05. The lowest BCUT2D eigenvalue weighted by molar-refractivity contribution is -0.145. The third-order valence-corrected chi connectivity index (χ3v) is 9.86. The first-order valence-corrected chi connectivity index (χ1v) is 15.6. The number of anilines is 1. The zero-order valence-corrected chi connectivity index (χ0v) is 24.1. The lowest BCUT2D eigenvalue weighted by Gasteiger charge is -2.34. The topological polar surface area (TPSA) is 121 Å². The maximum atomic E-state index is 15.4. The fourth-order valence-electron chi connectivity index (χ4n) is 4.80. The molecule has 1 aromatic carbocycles. The molecule has 1 aliphatic carbocycles. The highest BCUT2D eigenvalue weighted by Gasteiger charge is 2.41. The number of nitrogens with zero attached hydrogens (tertiary/aromatic N) is 2. The molecule has 0 spiro atoms. The number of ether oxygens (including phenoxy) is 2. The number of nitrogens with one attached hydrogen (secondary N) is 2. The molecule has 9 nitrogen and oxygen atoms in total. The molecule has 0 radical (unpaired) electrons. The van der Waals surface area contributed by atoms with Crippen LogP contribution in [0.2, 0.25) is 0 Å². The monoisotopic (exact) mass is 570 g/mol. The van der Waals surface area contributed by atoms with Crippen molar-refractivity contribution in [1.82, 2.24) is 9.62 Å². The summed E-state index contributed by atoms with van der Waals surface area (Å²) in [5.74, 6) is -0.952. The fourth-order valence-corrected chi connectivity index (χ4v) is 7.16. The molecule has 1 amide bonds. The average molecular weight is 571 g/mol. The maximum absolute atomic E-state index is 15.4. The quantitative estimate of drug-likeness (QED) is 0.389. The van der Waals surface area contributed by atoms with E-state index < -0.39 is 32.2 Å². The van der Waals surface area contributed by atoms with Crippen molar-refractivity contribution >= 4 is 33.4 Å². The summed E-state index contributed by atoms with van der Waals surface area (Å²) in [6.07, 6.45) is 6.03. The van der Waals surface area contributed by atoms with E-state index in [0.29, 0.717) is 36.9 Å². The maximum Gasteiger partial charge on any atom is 0.265 e. The number of hydrogen-bond acceptors (Lipinski definition) is 9. The van der Waals surface area contributed by atoms with Crippen molar-refractivity contribution in [3.05, 3.63) is 23.5 Å². The standard InChI is InChI=1S/C26H39FN4O5S2/c1-31(2)12-9-20(18-37-21-8-7-13-36-17-21)29-24-19(16-28)14-22(15-23(24)27)38(33,34)30-25(32)26(35-3)10-5-4-6-11-26/h14-15,20-21,29H,4-13,17-18H2,1-3H3,(H,30,32)/t20-,21?/m1/s1. The second kappa shape index (κ2) is 13.9. The number of rotatable bonds is 12. The molecule has 1 aliphatic heterocycles. The van der Waals surface area contributed by atoms with Crippen LogP contribution in [0.3, 0.4) is 0 Å². The molecule has 3 rings (SSSR count). The van der Waals surface area contributed by atoms with Gasteiger partial charge in [-0.15, -0.1) is 0 Å². The molecule has 2 fully saturated rings. The molecule has 1 saturated heterocycles. The van der Waals surface area contributed by atoms with Gasteiger partial charge in [-0.05, 0) is 64.9 Å².